The van der Waals surface area contributed by atoms with Crippen LogP contribution in [0.5, 0.6) is 0 Å². The summed E-state index contributed by atoms with van der Waals surface area (Å²) in [4.78, 5) is 3.76. The molecule has 1 aromatic heterocycles. The minimum Gasteiger partial charge on any atom is -0.274 e. The van der Waals surface area contributed by atoms with Crippen LogP contribution >= 0.6 is 35.1 Å². The van der Waals surface area contributed by atoms with Gasteiger partial charge in [0.15, 0.2) is 0 Å². The molecule has 0 aromatic carbocycles. The first-order valence-electron chi connectivity index (χ1n) is 2.77. The van der Waals surface area contributed by atoms with Gasteiger partial charge in [-0.15, -0.1) is 0 Å². The van der Waals surface area contributed by atoms with E-state index >= 15 is 0 Å². The second-order valence-electron chi connectivity index (χ2n) is 1.84. The first-order valence-corrected chi connectivity index (χ1v) is 3.83. The lowest BCUT2D eigenvalue weighted by Gasteiger charge is -2.01. The third-order valence-electron chi connectivity index (χ3n) is 1.15. The number of hydrogen-bond donors (Lipinski definition) is 0. The highest BCUT2D eigenvalue weighted by Crippen LogP contribution is 2.23. The average Bonchev–Trinajstić information content (AvgIpc) is 1.97. The van der Waals surface area contributed by atoms with E-state index in [1.807, 2.05) is 0 Å². The predicted octanol–water partition coefficient (Wildman–Crippen LogP) is 3.06. The van der Waals surface area contributed by atoms with Crippen LogP contribution < -0.4 is 0 Å². The van der Waals surface area contributed by atoms with E-state index in [2.05, 4.69) is 9.27 Å². The zero-order valence-electron chi connectivity index (χ0n) is 5.35. The number of hydrogen-bond acceptors (Lipinski definition) is 2. The highest BCUT2D eigenvalue weighted by Gasteiger charge is 2.04. The maximum absolute atomic E-state index is 5.72. The Bertz CT molecular complexity index is 233. The molecule has 0 saturated heterocycles. The molecule has 0 fully saturated rings. The smallest absolute Gasteiger partial charge is 0.0963 e. The van der Waals surface area contributed by atoms with Crippen LogP contribution in [-0.2, 0) is 10.9 Å². The Morgan fingerprint density at radius 3 is 2.27 bits per heavy atom. The van der Waals surface area contributed by atoms with Gasteiger partial charge in [0.05, 0.1) is 28.5 Å². The fourth-order valence-corrected chi connectivity index (χ4v) is 1.21. The summed E-state index contributed by atoms with van der Waals surface area (Å²) in [6.07, 6.45) is 2.97. The first kappa shape index (κ1) is 9.07. The molecule has 11 heavy (non-hydrogen) atoms. The van der Waals surface area contributed by atoms with Crippen molar-refractivity contribution in [2.75, 3.05) is 0 Å². The lowest BCUT2D eigenvalue weighted by atomic mass is 10.3. The van der Waals surface area contributed by atoms with Crippen LogP contribution in [0.25, 0.3) is 0 Å². The van der Waals surface area contributed by atoms with Gasteiger partial charge in [0.2, 0.25) is 0 Å². The summed E-state index contributed by atoms with van der Waals surface area (Å²) < 4.78 is 4.37. The molecular weight excluding hydrogens is 208 g/mol. The Morgan fingerprint density at radius 1 is 1.27 bits per heavy atom. The van der Waals surface area contributed by atoms with Crippen molar-refractivity contribution in [3.63, 3.8) is 0 Å². The van der Waals surface area contributed by atoms with Gasteiger partial charge < -0.3 is 0 Å². The number of aromatic nitrogens is 1. The third-order valence-corrected chi connectivity index (χ3v) is 1.91. The molecule has 0 bridgehead atoms. The van der Waals surface area contributed by atoms with Gasteiger partial charge >= 0.3 is 0 Å². The second-order valence-corrected chi connectivity index (χ2v) is 2.87. The largest absolute Gasteiger partial charge is 0.274 e. The summed E-state index contributed by atoms with van der Waals surface area (Å²) >= 11 is 16.5. The lowest BCUT2D eigenvalue weighted by Crippen LogP contribution is -1.88. The Morgan fingerprint density at radius 2 is 1.82 bits per heavy atom. The SMILES string of the molecule is ClOCc1c(Cl)cncc1Cl. The quantitative estimate of drug-likeness (QED) is 0.752. The highest BCUT2D eigenvalue weighted by molar-refractivity contribution is 6.35. The normalized spacial score (nSPS) is 10.1. The third kappa shape index (κ3) is 2.20. The van der Waals surface area contributed by atoms with Crippen LogP contribution in [0.1, 0.15) is 5.56 Å². The number of halogens is 3. The second kappa shape index (κ2) is 4.12. The van der Waals surface area contributed by atoms with E-state index in [0.29, 0.717) is 15.6 Å². The number of pyridine rings is 1. The zero-order valence-corrected chi connectivity index (χ0v) is 7.62. The van der Waals surface area contributed by atoms with E-state index < -0.39 is 0 Å². The van der Waals surface area contributed by atoms with Gasteiger partial charge in [-0.1, -0.05) is 23.2 Å². The zero-order chi connectivity index (χ0) is 8.27. The van der Waals surface area contributed by atoms with Crippen LogP contribution in [0.15, 0.2) is 12.4 Å². The molecule has 0 unspecified atom stereocenters. The Balaban J connectivity index is 3.00. The van der Waals surface area contributed by atoms with Gasteiger partial charge in [0.25, 0.3) is 0 Å². The molecule has 1 rings (SSSR count). The van der Waals surface area contributed by atoms with E-state index in [4.69, 9.17) is 35.1 Å². The van der Waals surface area contributed by atoms with Crippen molar-refractivity contribution in [3.8, 4) is 0 Å². The molecule has 60 valence electrons. The molecule has 0 saturated carbocycles. The minimum absolute atomic E-state index is 0.182. The Kier molecular flexibility index (Phi) is 3.40. The van der Waals surface area contributed by atoms with E-state index in [0.717, 1.165) is 0 Å². The maximum atomic E-state index is 5.72. The first-order chi connectivity index (χ1) is 5.25. The molecule has 0 radical (unpaired) electrons. The molecule has 5 heteroatoms. The van der Waals surface area contributed by atoms with Crippen molar-refractivity contribution in [2.45, 2.75) is 6.61 Å². The standard InChI is InChI=1S/C6H4Cl3NO/c7-5-1-10-2-6(8)4(5)3-11-9/h1-2H,3H2. The molecule has 0 aliphatic heterocycles. The van der Waals surface area contributed by atoms with Crippen LogP contribution in [-0.4, -0.2) is 4.98 Å². The molecular formula is C6H4Cl3NO. The Labute approximate surface area is 79.2 Å². The van der Waals surface area contributed by atoms with E-state index in [1.54, 1.807) is 0 Å². The van der Waals surface area contributed by atoms with Crippen molar-refractivity contribution >= 4 is 35.1 Å². The minimum atomic E-state index is 0.182. The average molecular weight is 212 g/mol. The molecule has 0 amide bonds. The van der Waals surface area contributed by atoms with E-state index in [-0.39, 0.29) is 6.61 Å². The van der Waals surface area contributed by atoms with E-state index in [9.17, 15) is 0 Å². The van der Waals surface area contributed by atoms with Crippen molar-refractivity contribution < 1.29 is 4.29 Å². The van der Waals surface area contributed by atoms with Crippen molar-refractivity contribution in [1.82, 2.24) is 4.98 Å². The molecule has 0 aliphatic rings. The van der Waals surface area contributed by atoms with Gasteiger partial charge in [-0.25, -0.2) is 0 Å². The number of rotatable bonds is 2. The van der Waals surface area contributed by atoms with Crippen molar-refractivity contribution in [1.29, 1.82) is 0 Å². The molecule has 0 aliphatic carbocycles. The summed E-state index contributed by atoms with van der Waals surface area (Å²) in [6.45, 7) is 0.182. The number of nitrogens with zero attached hydrogens (tertiary/aromatic N) is 1. The van der Waals surface area contributed by atoms with Gasteiger partial charge in [0.1, 0.15) is 0 Å². The van der Waals surface area contributed by atoms with Gasteiger partial charge in [-0.2, -0.15) is 0 Å². The molecule has 0 atom stereocenters. The van der Waals surface area contributed by atoms with Gasteiger partial charge in [-0.05, 0) is 0 Å². The Hall–Kier alpha value is -0.0200. The van der Waals surface area contributed by atoms with Gasteiger partial charge in [-0.3, -0.25) is 9.27 Å². The molecule has 0 spiro atoms. The predicted molar refractivity (Wildman–Crippen MR) is 44.9 cm³/mol. The maximum Gasteiger partial charge on any atom is 0.0963 e. The van der Waals surface area contributed by atoms with Crippen LogP contribution in [0.3, 0.4) is 0 Å². The van der Waals surface area contributed by atoms with Crippen LogP contribution in [0.2, 0.25) is 10.0 Å². The van der Waals surface area contributed by atoms with Crippen molar-refractivity contribution in [2.24, 2.45) is 0 Å². The topological polar surface area (TPSA) is 22.1 Å². The summed E-state index contributed by atoms with van der Waals surface area (Å²) in [6, 6.07) is 0. The summed E-state index contributed by atoms with van der Waals surface area (Å²) in [7, 11) is 0. The monoisotopic (exact) mass is 211 g/mol. The molecule has 0 N–H and O–H groups in total. The lowest BCUT2D eigenvalue weighted by molar-refractivity contribution is 0.341. The fourth-order valence-electron chi connectivity index (χ4n) is 0.631. The summed E-state index contributed by atoms with van der Waals surface area (Å²) in [5, 5.41) is 0.913. The van der Waals surface area contributed by atoms with Crippen LogP contribution in [0, 0.1) is 0 Å². The fraction of sp³-hybridized carbons (Fsp3) is 0.167. The molecule has 1 aromatic rings. The van der Waals surface area contributed by atoms with Crippen LogP contribution in [0.4, 0.5) is 0 Å². The van der Waals surface area contributed by atoms with Crippen molar-refractivity contribution in [3.05, 3.63) is 28.0 Å². The summed E-state index contributed by atoms with van der Waals surface area (Å²) in [5.41, 5.74) is 0.651. The highest BCUT2D eigenvalue weighted by atomic mass is 35.5. The van der Waals surface area contributed by atoms with Gasteiger partial charge in [0, 0.05) is 18.0 Å². The molecule has 2 nitrogen and oxygen atoms in total. The van der Waals surface area contributed by atoms with E-state index in [1.165, 1.54) is 12.4 Å². The summed E-state index contributed by atoms with van der Waals surface area (Å²) in [5.74, 6) is 0. The molecule has 1 heterocycles.